The summed E-state index contributed by atoms with van der Waals surface area (Å²) in [5.41, 5.74) is 3.75. The molecule has 0 saturated heterocycles. The van der Waals surface area contributed by atoms with Gasteiger partial charge in [0.1, 0.15) is 5.75 Å². The average molecular weight is 347 g/mol. The van der Waals surface area contributed by atoms with E-state index in [9.17, 15) is 4.79 Å². The van der Waals surface area contributed by atoms with E-state index in [-0.39, 0.29) is 12.5 Å². The second-order valence-electron chi connectivity index (χ2n) is 6.38. The largest absolute Gasteiger partial charge is 0.484 e. The molecule has 0 aromatic heterocycles. The Morgan fingerprint density at radius 2 is 1.69 bits per heavy atom. The van der Waals surface area contributed by atoms with E-state index in [1.165, 1.54) is 16.7 Å². The van der Waals surface area contributed by atoms with E-state index in [2.05, 4.69) is 43.4 Å². The lowest BCUT2D eigenvalue weighted by molar-refractivity contribution is -0.123. The van der Waals surface area contributed by atoms with Gasteiger partial charge < -0.3 is 10.1 Å². The first-order valence-corrected chi connectivity index (χ1v) is 9.18. The lowest BCUT2D eigenvalue weighted by Crippen LogP contribution is -2.28. The molecule has 1 N–H and O–H groups in total. The van der Waals surface area contributed by atoms with E-state index in [1.54, 1.807) is 0 Å². The van der Waals surface area contributed by atoms with E-state index in [0.717, 1.165) is 23.6 Å². The number of carbonyl (C=O) groups is 1. The molecular formula is C23H25NO2. The SMILES string of the molecule is CCc1ccc(CC)c(CNC(=O)COc2ccc3ccccc3c2)c1. The smallest absolute Gasteiger partial charge is 0.258 e. The lowest BCUT2D eigenvalue weighted by Gasteiger charge is -2.12. The molecule has 0 heterocycles. The number of nitrogens with one attached hydrogen (secondary N) is 1. The highest BCUT2D eigenvalue weighted by atomic mass is 16.5. The first kappa shape index (κ1) is 18.0. The minimum absolute atomic E-state index is 0.0211. The third kappa shape index (κ3) is 4.42. The van der Waals surface area contributed by atoms with Gasteiger partial charge in [0.2, 0.25) is 0 Å². The third-order valence-electron chi connectivity index (χ3n) is 4.63. The molecule has 0 unspecified atom stereocenters. The molecule has 3 aromatic rings. The highest BCUT2D eigenvalue weighted by Gasteiger charge is 2.07. The molecule has 3 heteroatoms. The Bertz CT molecular complexity index is 902. The van der Waals surface area contributed by atoms with Crippen LogP contribution < -0.4 is 10.1 Å². The zero-order chi connectivity index (χ0) is 18.4. The zero-order valence-electron chi connectivity index (χ0n) is 15.4. The molecule has 3 rings (SSSR count). The zero-order valence-corrected chi connectivity index (χ0v) is 15.4. The molecule has 0 aliphatic heterocycles. The van der Waals surface area contributed by atoms with Crippen molar-refractivity contribution in [3.8, 4) is 5.75 Å². The summed E-state index contributed by atoms with van der Waals surface area (Å²) in [6.07, 6.45) is 1.96. The standard InChI is InChI=1S/C23H25NO2/c1-3-17-9-10-18(4-2)21(13-17)15-24-23(25)16-26-22-12-11-19-7-5-6-8-20(19)14-22/h5-14H,3-4,15-16H2,1-2H3,(H,24,25). The quantitative estimate of drug-likeness (QED) is 0.675. The third-order valence-corrected chi connectivity index (χ3v) is 4.63. The molecular weight excluding hydrogens is 322 g/mol. The molecule has 0 aliphatic rings. The molecule has 0 aliphatic carbocycles. The van der Waals surface area contributed by atoms with Crippen LogP contribution in [0.1, 0.15) is 30.5 Å². The van der Waals surface area contributed by atoms with Gasteiger partial charge in [0, 0.05) is 6.54 Å². The molecule has 134 valence electrons. The minimum Gasteiger partial charge on any atom is -0.484 e. The van der Waals surface area contributed by atoms with Crippen molar-refractivity contribution in [3.05, 3.63) is 77.4 Å². The van der Waals surface area contributed by atoms with Crippen LogP contribution in [0.15, 0.2) is 60.7 Å². The number of ether oxygens (including phenoxy) is 1. The summed E-state index contributed by atoms with van der Waals surface area (Å²) in [6.45, 7) is 4.83. The highest BCUT2D eigenvalue weighted by Crippen LogP contribution is 2.20. The fourth-order valence-corrected chi connectivity index (χ4v) is 3.06. The number of rotatable bonds is 7. The van der Waals surface area contributed by atoms with Crippen LogP contribution >= 0.6 is 0 Å². The summed E-state index contributed by atoms with van der Waals surface area (Å²) in [5.74, 6) is 0.600. The van der Waals surface area contributed by atoms with Crippen LogP contribution in [0.3, 0.4) is 0 Å². The predicted octanol–water partition coefficient (Wildman–Crippen LogP) is 4.66. The summed E-state index contributed by atoms with van der Waals surface area (Å²) in [6, 6.07) is 20.5. The Hall–Kier alpha value is -2.81. The lowest BCUT2D eigenvalue weighted by atomic mass is 10.0. The topological polar surface area (TPSA) is 38.3 Å². The second kappa shape index (κ2) is 8.52. The highest BCUT2D eigenvalue weighted by molar-refractivity contribution is 5.84. The van der Waals surface area contributed by atoms with Crippen molar-refractivity contribution < 1.29 is 9.53 Å². The number of hydrogen-bond donors (Lipinski definition) is 1. The van der Waals surface area contributed by atoms with Crippen LogP contribution in [-0.4, -0.2) is 12.5 Å². The van der Waals surface area contributed by atoms with Gasteiger partial charge in [-0.1, -0.05) is 62.4 Å². The molecule has 0 spiro atoms. The number of benzene rings is 3. The Morgan fingerprint density at radius 3 is 2.46 bits per heavy atom. The Balaban J connectivity index is 1.57. The van der Waals surface area contributed by atoms with E-state index in [0.29, 0.717) is 12.3 Å². The van der Waals surface area contributed by atoms with Crippen LogP contribution in [0.4, 0.5) is 0 Å². The van der Waals surface area contributed by atoms with Crippen LogP contribution in [0.25, 0.3) is 10.8 Å². The molecule has 0 fully saturated rings. The maximum Gasteiger partial charge on any atom is 0.258 e. The first-order chi connectivity index (χ1) is 12.7. The normalized spacial score (nSPS) is 10.7. The fraction of sp³-hybridized carbons (Fsp3) is 0.261. The molecule has 3 aromatic carbocycles. The monoisotopic (exact) mass is 347 g/mol. The van der Waals surface area contributed by atoms with Crippen molar-refractivity contribution in [2.24, 2.45) is 0 Å². The van der Waals surface area contributed by atoms with E-state index < -0.39 is 0 Å². The number of aryl methyl sites for hydroxylation is 2. The van der Waals surface area contributed by atoms with Gasteiger partial charge in [0.05, 0.1) is 0 Å². The van der Waals surface area contributed by atoms with Gasteiger partial charge in [-0.25, -0.2) is 0 Å². The van der Waals surface area contributed by atoms with Gasteiger partial charge in [-0.2, -0.15) is 0 Å². The fourth-order valence-electron chi connectivity index (χ4n) is 3.06. The molecule has 0 bridgehead atoms. The van der Waals surface area contributed by atoms with Crippen molar-refractivity contribution in [2.75, 3.05) is 6.61 Å². The predicted molar refractivity (Wildman–Crippen MR) is 106 cm³/mol. The minimum atomic E-state index is -0.109. The van der Waals surface area contributed by atoms with Crippen LogP contribution in [-0.2, 0) is 24.2 Å². The summed E-state index contributed by atoms with van der Waals surface area (Å²) in [5, 5.41) is 5.23. The number of fused-ring (bicyclic) bond motifs is 1. The van der Waals surface area contributed by atoms with Gasteiger partial charge in [-0.15, -0.1) is 0 Å². The van der Waals surface area contributed by atoms with E-state index in [4.69, 9.17) is 4.74 Å². The maximum absolute atomic E-state index is 12.2. The maximum atomic E-state index is 12.2. The molecule has 26 heavy (non-hydrogen) atoms. The van der Waals surface area contributed by atoms with Gasteiger partial charge in [-0.3, -0.25) is 4.79 Å². The average Bonchev–Trinajstić information content (AvgIpc) is 2.70. The molecule has 3 nitrogen and oxygen atoms in total. The van der Waals surface area contributed by atoms with Gasteiger partial charge >= 0.3 is 0 Å². The Morgan fingerprint density at radius 1 is 0.885 bits per heavy atom. The summed E-state index contributed by atoms with van der Waals surface area (Å²) in [7, 11) is 0. The number of hydrogen-bond acceptors (Lipinski definition) is 2. The van der Waals surface area contributed by atoms with Crippen molar-refractivity contribution in [1.82, 2.24) is 5.32 Å². The molecule has 1 amide bonds. The summed E-state index contributed by atoms with van der Waals surface area (Å²) >= 11 is 0. The van der Waals surface area contributed by atoms with Crippen molar-refractivity contribution in [2.45, 2.75) is 33.2 Å². The van der Waals surface area contributed by atoms with Gasteiger partial charge in [0.15, 0.2) is 6.61 Å². The second-order valence-corrected chi connectivity index (χ2v) is 6.38. The number of amides is 1. The van der Waals surface area contributed by atoms with Crippen molar-refractivity contribution in [3.63, 3.8) is 0 Å². The van der Waals surface area contributed by atoms with Gasteiger partial charge in [0.25, 0.3) is 5.91 Å². The molecule has 0 radical (unpaired) electrons. The summed E-state index contributed by atoms with van der Waals surface area (Å²) < 4.78 is 5.65. The molecule has 0 atom stereocenters. The van der Waals surface area contributed by atoms with Crippen molar-refractivity contribution >= 4 is 16.7 Å². The van der Waals surface area contributed by atoms with Crippen LogP contribution in [0.2, 0.25) is 0 Å². The Labute approximate surface area is 155 Å². The molecule has 0 saturated carbocycles. The van der Waals surface area contributed by atoms with Crippen molar-refractivity contribution in [1.29, 1.82) is 0 Å². The van der Waals surface area contributed by atoms with E-state index >= 15 is 0 Å². The summed E-state index contributed by atoms with van der Waals surface area (Å²) in [4.78, 5) is 12.2. The van der Waals surface area contributed by atoms with Crippen LogP contribution in [0, 0.1) is 0 Å². The number of carbonyl (C=O) groups excluding carboxylic acids is 1. The Kier molecular flexibility index (Phi) is 5.90. The first-order valence-electron chi connectivity index (χ1n) is 9.18. The van der Waals surface area contributed by atoms with Gasteiger partial charge in [-0.05, 0) is 52.4 Å². The van der Waals surface area contributed by atoms with Crippen LogP contribution in [0.5, 0.6) is 5.75 Å². The van der Waals surface area contributed by atoms with E-state index in [1.807, 2.05) is 36.4 Å².